The highest BCUT2D eigenvalue weighted by atomic mass is 16.5. The van der Waals surface area contributed by atoms with Crippen LogP contribution in [0.25, 0.3) is 0 Å². The zero-order chi connectivity index (χ0) is 12.4. The van der Waals surface area contributed by atoms with Crippen molar-refractivity contribution in [3.8, 4) is 5.75 Å². The van der Waals surface area contributed by atoms with E-state index in [0.29, 0.717) is 5.92 Å². The van der Waals surface area contributed by atoms with E-state index in [1.807, 2.05) is 12.1 Å². The van der Waals surface area contributed by atoms with Gasteiger partial charge in [-0.3, -0.25) is 4.79 Å². The van der Waals surface area contributed by atoms with Crippen LogP contribution in [0.4, 0.5) is 0 Å². The van der Waals surface area contributed by atoms with E-state index in [4.69, 9.17) is 9.84 Å². The van der Waals surface area contributed by atoms with Crippen molar-refractivity contribution in [1.29, 1.82) is 0 Å². The van der Waals surface area contributed by atoms with Crippen molar-refractivity contribution in [2.45, 2.75) is 32.1 Å². The van der Waals surface area contributed by atoms with Gasteiger partial charge < -0.3 is 9.84 Å². The molecule has 0 bridgehead atoms. The van der Waals surface area contributed by atoms with Gasteiger partial charge in [-0.2, -0.15) is 0 Å². The fraction of sp³-hybridized carbons (Fsp3) is 0.500. The number of carboxylic acid groups (broad SMARTS) is 1. The van der Waals surface area contributed by atoms with Crippen molar-refractivity contribution in [3.63, 3.8) is 0 Å². The summed E-state index contributed by atoms with van der Waals surface area (Å²) < 4.78 is 5.36. The largest absolute Gasteiger partial charge is 0.496 e. The molecular weight excluding hydrogens is 216 g/mol. The molecule has 3 nitrogen and oxygen atoms in total. The van der Waals surface area contributed by atoms with E-state index in [1.54, 1.807) is 7.11 Å². The molecule has 0 saturated heterocycles. The summed E-state index contributed by atoms with van der Waals surface area (Å²) in [6.45, 7) is 2.12. The summed E-state index contributed by atoms with van der Waals surface area (Å²) in [4.78, 5) is 10.8. The van der Waals surface area contributed by atoms with E-state index in [-0.39, 0.29) is 12.3 Å². The molecule has 1 aromatic carbocycles. The summed E-state index contributed by atoms with van der Waals surface area (Å²) in [5.74, 6) is 0.772. The van der Waals surface area contributed by atoms with Crippen LogP contribution in [0.15, 0.2) is 18.2 Å². The number of fused-ring (bicyclic) bond motifs is 1. The highest BCUT2D eigenvalue weighted by molar-refractivity contribution is 5.67. The monoisotopic (exact) mass is 234 g/mol. The molecule has 0 aliphatic heterocycles. The van der Waals surface area contributed by atoms with Crippen LogP contribution >= 0.6 is 0 Å². The van der Waals surface area contributed by atoms with Crippen LogP contribution in [-0.4, -0.2) is 18.2 Å². The summed E-state index contributed by atoms with van der Waals surface area (Å²) in [5.41, 5.74) is 2.51. The lowest BCUT2D eigenvalue weighted by atomic mass is 9.74. The van der Waals surface area contributed by atoms with Crippen LogP contribution in [0.1, 0.15) is 36.8 Å². The van der Waals surface area contributed by atoms with Crippen molar-refractivity contribution in [2.24, 2.45) is 5.92 Å². The maximum atomic E-state index is 10.8. The maximum Gasteiger partial charge on any atom is 0.303 e. The first-order valence-corrected chi connectivity index (χ1v) is 6.01. The molecule has 1 N–H and O–H groups in total. The van der Waals surface area contributed by atoms with Gasteiger partial charge in [-0.25, -0.2) is 0 Å². The van der Waals surface area contributed by atoms with Crippen LogP contribution in [0, 0.1) is 5.92 Å². The number of hydrogen-bond acceptors (Lipinski definition) is 2. The molecule has 2 rings (SSSR count). The van der Waals surface area contributed by atoms with Crippen molar-refractivity contribution in [1.82, 2.24) is 0 Å². The van der Waals surface area contributed by atoms with Crippen molar-refractivity contribution >= 4 is 5.97 Å². The third-order valence-corrected chi connectivity index (χ3v) is 3.79. The number of aliphatic carboxylic acids is 1. The van der Waals surface area contributed by atoms with Gasteiger partial charge in [-0.15, -0.1) is 0 Å². The van der Waals surface area contributed by atoms with Gasteiger partial charge in [0.1, 0.15) is 5.75 Å². The molecule has 1 aliphatic rings. The number of methoxy groups -OCH3 is 1. The number of carboxylic acids is 1. The minimum absolute atomic E-state index is 0.243. The molecule has 0 radical (unpaired) electrons. The Morgan fingerprint density at radius 2 is 2.29 bits per heavy atom. The Morgan fingerprint density at radius 3 is 2.94 bits per heavy atom. The first-order valence-electron chi connectivity index (χ1n) is 6.01. The van der Waals surface area contributed by atoms with Gasteiger partial charge in [0.2, 0.25) is 0 Å². The molecule has 0 spiro atoms. The molecule has 2 atom stereocenters. The summed E-state index contributed by atoms with van der Waals surface area (Å²) in [5, 5.41) is 8.91. The van der Waals surface area contributed by atoms with Gasteiger partial charge in [0.25, 0.3) is 0 Å². The molecular formula is C14H18O3. The minimum Gasteiger partial charge on any atom is -0.496 e. The van der Waals surface area contributed by atoms with E-state index < -0.39 is 5.97 Å². The van der Waals surface area contributed by atoms with Crippen LogP contribution in [0.5, 0.6) is 5.75 Å². The third-order valence-electron chi connectivity index (χ3n) is 3.79. The summed E-state index contributed by atoms with van der Waals surface area (Å²) in [7, 11) is 1.68. The molecule has 0 saturated carbocycles. The van der Waals surface area contributed by atoms with E-state index in [1.165, 1.54) is 11.1 Å². The Morgan fingerprint density at radius 1 is 1.53 bits per heavy atom. The van der Waals surface area contributed by atoms with Crippen molar-refractivity contribution < 1.29 is 14.6 Å². The molecule has 17 heavy (non-hydrogen) atoms. The second-order valence-corrected chi connectivity index (χ2v) is 4.71. The number of hydrogen-bond donors (Lipinski definition) is 1. The Kier molecular flexibility index (Phi) is 3.36. The fourth-order valence-corrected chi connectivity index (χ4v) is 2.80. The van der Waals surface area contributed by atoms with Crippen molar-refractivity contribution in [2.75, 3.05) is 7.11 Å². The molecule has 2 unspecified atom stereocenters. The molecule has 1 aliphatic carbocycles. The second-order valence-electron chi connectivity index (χ2n) is 4.71. The summed E-state index contributed by atoms with van der Waals surface area (Å²) in [6.07, 6.45) is 2.11. The van der Waals surface area contributed by atoms with Gasteiger partial charge in [0.15, 0.2) is 0 Å². The predicted octanol–water partition coefficient (Wildman–Crippen LogP) is 2.84. The van der Waals surface area contributed by atoms with E-state index >= 15 is 0 Å². The maximum absolute atomic E-state index is 10.8. The lowest BCUT2D eigenvalue weighted by molar-refractivity contribution is -0.138. The average molecular weight is 234 g/mol. The number of benzene rings is 1. The van der Waals surface area contributed by atoms with E-state index in [9.17, 15) is 4.79 Å². The van der Waals surface area contributed by atoms with E-state index in [0.717, 1.165) is 18.6 Å². The Labute approximate surface area is 101 Å². The Hall–Kier alpha value is -1.51. The first kappa shape index (κ1) is 12.0. The van der Waals surface area contributed by atoms with Gasteiger partial charge >= 0.3 is 5.97 Å². The molecule has 1 aromatic rings. The van der Waals surface area contributed by atoms with Crippen LogP contribution in [-0.2, 0) is 11.2 Å². The molecule has 3 heteroatoms. The fourth-order valence-electron chi connectivity index (χ4n) is 2.80. The second kappa shape index (κ2) is 4.78. The lowest BCUT2D eigenvalue weighted by Crippen LogP contribution is -2.21. The number of rotatable bonds is 3. The number of ether oxygens (including phenoxy) is 1. The molecule has 0 amide bonds. The number of carbonyl (C=O) groups is 1. The van der Waals surface area contributed by atoms with Gasteiger partial charge in [-0.05, 0) is 41.9 Å². The first-order chi connectivity index (χ1) is 8.13. The highest BCUT2D eigenvalue weighted by Gasteiger charge is 2.29. The highest BCUT2D eigenvalue weighted by Crippen LogP contribution is 2.41. The van der Waals surface area contributed by atoms with Gasteiger partial charge in [0, 0.05) is 6.42 Å². The quantitative estimate of drug-likeness (QED) is 0.874. The molecule has 0 heterocycles. The van der Waals surface area contributed by atoms with Crippen LogP contribution in [0.2, 0.25) is 0 Å². The predicted molar refractivity (Wildman–Crippen MR) is 65.5 cm³/mol. The van der Waals surface area contributed by atoms with Crippen LogP contribution in [0.3, 0.4) is 0 Å². The lowest BCUT2D eigenvalue weighted by Gasteiger charge is -2.31. The SMILES string of the molecule is COc1cccc2c1CCC(CC(=O)O)C2C. The zero-order valence-corrected chi connectivity index (χ0v) is 10.3. The zero-order valence-electron chi connectivity index (χ0n) is 10.3. The average Bonchev–Trinajstić information content (AvgIpc) is 2.31. The summed E-state index contributed by atoms with van der Waals surface area (Å²) in [6, 6.07) is 6.05. The Balaban J connectivity index is 2.29. The smallest absolute Gasteiger partial charge is 0.303 e. The Bertz CT molecular complexity index is 425. The standard InChI is InChI=1S/C14H18O3/c1-9-10(8-14(15)16)6-7-12-11(9)4-3-5-13(12)17-2/h3-5,9-10H,6-8H2,1-2H3,(H,15,16). The van der Waals surface area contributed by atoms with Gasteiger partial charge in [-0.1, -0.05) is 19.1 Å². The topological polar surface area (TPSA) is 46.5 Å². The van der Waals surface area contributed by atoms with Gasteiger partial charge in [0.05, 0.1) is 7.11 Å². The van der Waals surface area contributed by atoms with Crippen LogP contribution < -0.4 is 4.74 Å². The normalized spacial score (nSPS) is 22.9. The van der Waals surface area contributed by atoms with E-state index in [2.05, 4.69) is 13.0 Å². The molecule has 92 valence electrons. The molecule has 0 aromatic heterocycles. The third kappa shape index (κ3) is 2.28. The minimum atomic E-state index is -0.701. The molecule has 0 fully saturated rings. The summed E-state index contributed by atoms with van der Waals surface area (Å²) >= 11 is 0. The van der Waals surface area contributed by atoms with Crippen molar-refractivity contribution in [3.05, 3.63) is 29.3 Å².